The number of hydrogen-bond donors (Lipinski definition) is 1. The van der Waals surface area contributed by atoms with Crippen LogP contribution in [0.4, 0.5) is 0 Å². The molecule has 0 amide bonds. The van der Waals surface area contributed by atoms with Crippen LogP contribution in [0.15, 0.2) is 35.5 Å². The van der Waals surface area contributed by atoms with E-state index in [-0.39, 0.29) is 6.04 Å². The van der Waals surface area contributed by atoms with Crippen LogP contribution in [-0.4, -0.2) is 16.4 Å². The van der Waals surface area contributed by atoms with Crippen LogP contribution in [0.25, 0.3) is 0 Å². The number of aromatic amines is 1. The monoisotopic (exact) mass is 211 g/mol. The minimum absolute atomic E-state index is 0.115. The highest BCUT2D eigenvalue weighted by Crippen LogP contribution is 2.31. The molecule has 3 heteroatoms. The predicted molar refractivity (Wildman–Crippen MR) is 63.8 cm³/mol. The molecule has 0 bridgehead atoms. The zero-order valence-electron chi connectivity index (χ0n) is 9.14. The van der Waals surface area contributed by atoms with Crippen LogP contribution in [0.5, 0.6) is 0 Å². The van der Waals surface area contributed by atoms with Crippen LogP contribution < -0.4 is 0 Å². The van der Waals surface area contributed by atoms with E-state index in [0.717, 1.165) is 6.42 Å². The molecular formula is C13H13N3. The summed E-state index contributed by atoms with van der Waals surface area (Å²) < 4.78 is 0. The molecule has 2 aromatic rings. The SMILES string of the molecule is Cc1ccccc1C1N=CCc2[nH]ncc21. The standard InChI is InChI=1S/C13H13N3/c1-9-4-2-3-5-10(9)13-11-8-15-16-12(11)6-7-14-13/h2-5,7-8,13H,6H2,1H3,(H,15,16). The molecule has 1 atom stereocenters. The van der Waals surface area contributed by atoms with Crippen molar-refractivity contribution in [1.82, 2.24) is 10.2 Å². The van der Waals surface area contributed by atoms with Gasteiger partial charge in [0.25, 0.3) is 0 Å². The van der Waals surface area contributed by atoms with Gasteiger partial charge in [-0.15, -0.1) is 0 Å². The van der Waals surface area contributed by atoms with Gasteiger partial charge in [0.05, 0.1) is 6.20 Å². The fraction of sp³-hybridized carbons (Fsp3) is 0.231. The third-order valence-electron chi connectivity index (χ3n) is 3.08. The molecule has 1 aliphatic heterocycles. The highest BCUT2D eigenvalue weighted by molar-refractivity contribution is 5.65. The van der Waals surface area contributed by atoms with E-state index in [1.807, 2.05) is 12.4 Å². The smallest absolute Gasteiger partial charge is 0.103 e. The van der Waals surface area contributed by atoms with Gasteiger partial charge in [0, 0.05) is 23.9 Å². The van der Waals surface area contributed by atoms with Crippen molar-refractivity contribution in [2.45, 2.75) is 19.4 Å². The lowest BCUT2D eigenvalue weighted by Crippen LogP contribution is -2.08. The van der Waals surface area contributed by atoms with Gasteiger partial charge in [-0.2, -0.15) is 5.10 Å². The van der Waals surface area contributed by atoms with Crippen molar-refractivity contribution in [2.75, 3.05) is 0 Å². The molecular weight excluding hydrogens is 198 g/mol. The lowest BCUT2D eigenvalue weighted by atomic mass is 9.94. The summed E-state index contributed by atoms with van der Waals surface area (Å²) in [5.41, 5.74) is 4.93. The fourth-order valence-electron chi connectivity index (χ4n) is 2.19. The van der Waals surface area contributed by atoms with Crippen LogP contribution in [0.2, 0.25) is 0 Å². The van der Waals surface area contributed by atoms with Crippen molar-refractivity contribution in [3.63, 3.8) is 0 Å². The Morgan fingerprint density at radius 3 is 3.00 bits per heavy atom. The number of fused-ring (bicyclic) bond motifs is 1. The molecule has 80 valence electrons. The fourth-order valence-corrected chi connectivity index (χ4v) is 2.19. The van der Waals surface area contributed by atoms with E-state index in [1.165, 1.54) is 22.4 Å². The normalized spacial score (nSPS) is 18.4. The summed E-state index contributed by atoms with van der Waals surface area (Å²) in [4.78, 5) is 4.59. The Labute approximate surface area is 94.2 Å². The number of H-pyrrole nitrogens is 1. The Morgan fingerprint density at radius 2 is 2.12 bits per heavy atom. The Morgan fingerprint density at radius 1 is 1.25 bits per heavy atom. The highest BCUT2D eigenvalue weighted by Gasteiger charge is 2.21. The summed E-state index contributed by atoms with van der Waals surface area (Å²) >= 11 is 0. The predicted octanol–water partition coefficient (Wildman–Crippen LogP) is 2.43. The molecule has 1 aromatic heterocycles. The maximum absolute atomic E-state index is 4.59. The van der Waals surface area contributed by atoms with E-state index >= 15 is 0 Å². The Balaban J connectivity index is 2.12. The Hall–Kier alpha value is -1.90. The van der Waals surface area contributed by atoms with Crippen molar-refractivity contribution >= 4 is 6.21 Å². The van der Waals surface area contributed by atoms with Crippen molar-refractivity contribution in [2.24, 2.45) is 4.99 Å². The van der Waals surface area contributed by atoms with Gasteiger partial charge in [-0.3, -0.25) is 10.1 Å². The molecule has 1 aliphatic rings. The lowest BCUT2D eigenvalue weighted by Gasteiger charge is -2.18. The van der Waals surface area contributed by atoms with E-state index in [4.69, 9.17) is 0 Å². The molecule has 1 aromatic carbocycles. The number of benzene rings is 1. The van der Waals surface area contributed by atoms with Gasteiger partial charge in [0.2, 0.25) is 0 Å². The molecule has 3 rings (SSSR count). The molecule has 16 heavy (non-hydrogen) atoms. The number of aryl methyl sites for hydroxylation is 1. The molecule has 0 saturated carbocycles. The molecule has 3 nitrogen and oxygen atoms in total. The number of nitrogens with one attached hydrogen (secondary N) is 1. The minimum Gasteiger partial charge on any atom is -0.284 e. The Kier molecular flexibility index (Phi) is 2.10. The van der Waals surface area contributed by atoms with Crippen LogP contribution in [0, 0.1) is 6.92 Å². The van der Waals surface area contributed by atoms with Gasteiger partial charge < -0.3 is 0 Å². The average molecular weight is 211 g/mol. The summed E-state index contributed by atoms with van der Waals surface area (Å²) in [7, 11) is 0. The van der Waals surface area contributed by atoms with Crippen LogP contribution in [0.1, 0.15) is 28.4 Å². The Bertz CT molecular complexity index is 540. The summed E-state index contributed by atoms with van der Waals surface area (Å²) in [6.07, 6.45) is 4.72. The second-order valence-corrected chi connectivity index (χ2v) is 4.10. The number of rotatable bonds is 1. The lowest BCUT2D eigenvalue weighted by molar-refractivity contribution is 0.832. The quantitative estimate of drug-likeness (QED) is 0.773. The van der Waals surface area contributed by atoms with Gasteiger partial charge in [-0.1, -0.05) is 24.3 Å². The maximum atomic E-state index is 4.59. The summed E-state index contributed by atoms with van der Waals surface area (Å²) in [6.45, 7) is 2.12. The van der Waals surface area contributed by atoms with Crippen LogP contribution in [0.3, 0.4) is 0 Å². The van der Waals surface area contributed by atoms with Crippen molar-refractivity contribution in [1.29, 1.82) is 0 Å². The summed E-state index contributed by atoms with van der Waals surface area (Å²) in [5, 5.41) is 7.14. The van der Waals surface area contributed by atoms with Gasteiger partial charge in [0.1, 0.15) is 6.04 Å². The van der Waals surface area contributed by atoms with Gasteiger partial charge in [0.15, 0.2) is 0 Å². The minimum atomic E-state index is 0.115. The molecule has 0 saturated heterocycles. The van der Waals surface area contributed by atoms with E-state index in [0.29, 0.717) is 0 Å². The first-order valence-corrected chi connectivity index (χ1v) is 5.45. The van der Waals surface area contributed by atoms with Crippen molar-refractivity contribution in [3.05, 3.63) is 52.8 Å². The highest BCUT2D eigenvalue weighted by atomic mass is 15.1. The molecule has 0 aliphatic carbocycles. The number of hydrogen-bond acceptors (Lipinski definition) is 2. The largest absolute Gasteiger partial charge is 0.284 e. The topological polar surface area (TPSA) is 41.0 Å². The zero-order valence-corrected chi connectivity index (χ0v) is 9.14. The van der Waals surface area contributed by atoms with Gasteiger partial charge in [-0.05, 0) is 18.1 Å². The molecule has 0 spiro atoms. The van der Waals surface area contributed by atoms with E-state index in [9.17, 15) is 0 Å². The molecule has 0 radical (unpaired) electrons. The molecule has 1 N–H and O–H groups in total. The third kappa shape index (κ3) is 1.36. The first-order chi connectivity index (χ1) is 7.86. The number of nitrogens with zero attached hydrogens (tertiary/aromatic N) is 2. The van der Waals surface area contributed by atoms with Crippen molar-refractivity contribution in [3.8, 4) is 0 Å². The van der Waals surface area contributed by atoms with E-state index < -0.39 is 0 Å². The van der Waals surface area contributed by atoms with Crippen molar-refractivity contribution < 1.29 is 0 Å². The molecule has 0 fully saturated rings. The number of aliphatic imine (C=N–C) groups is 1. The van der Waals surface area contributed by atoms with Gasteiger partial charge >= 0.3 is 0 Å². The van der Waals surface area contributed by atoms with Gasteiger partial charge in [-0.25, -0.2) is 0 Å². The summed E-state index contributed by atoms with van der Waals surface area (Å²) in [6, 6.07) is 8.50. The number of aromatic nitrogens is 2. The average Bonchev–Trinajstić information content (AvgIpc) is 2.77. The van der Waals surface area contributed by atoms with Crippen LogP contribution in [-0.2, 0) is 6.42 Å². The summed E-state index contributed by atoms with van der Waals surface area (Å²) in [5.74, 6) is 0. The van der Waals surface area contributed by atoms with E-state index in [2.05, 4.69) is 46.4 Å². The van der Waals surface area contributed by atoms with Crippen LogP contribution >= 0.6 is 0 Å². The second-order valence-electron chi connectivity index (χ2n) is 4.10. The first-order valence-electron chi connectivity index (χ1n) is 5.45. The second kappa shape index (κ2) is 3.59. The molecule has 1 unspecified atom stereocenters. The third-order valence-corrected chi connectivity index (χ3v) is 3.08. The van der Waals surface area contributed by atoms with E-state index in [1.54, 1.807) is 0 Å². The maximum Gasteiger partial charge on any atom is 0.103 e. The first kappa shape index (κ1) is 9.33. The molecule has 2 heterocycles. The zero-order chi connectivity index (χ0) is 11.0.